The van der Waals surface area contributed by atoms with Crippen LogP contribution in [0.25, 0.3) is 0 Å². The number of rotatable bonds is 4. The van der Waals surface area contributed by atoms with Gasteiger partial charge >= 0.3 is 5.97 Å². The lowest BCUT2D eigenvalue weighted by Crippen LogP contribution is -2.30. The predicted octanol–water partition coefficient (Wildman–Crippen LogP) is 1.64. The van der Waals surface area contributed by atoms with Crippen molar-refractivity contribution in [3.05, 3.63) is 12.3 Å². The van der Waals surface area contributed by atoms with Crippen molar-refractivity contribution in [2.24, 2.45) is 0 Å². The van der Waals surface area contributed by atoms with Crippen molar-refractivity contribution in [3.8, 4) is 0 Å². The van der Waals surface area contributed by atoms with Crippen LogP contribution in [-0.2, 0) is 4.79 Å². The molecule has 1 aliphatic rings. The number of carboxylic acid groups (broad SMARTS) is 1. The average Bonchev–Trinajstić information content (AvgIpc) is 2.38. The van der Waals surface area contributed by atoms with E-state index in [1.165, 1.54) is 19.3 Å². The Labute approximate surface area is 104 Å². The fourth-order valence-corrected chi connectivity index (χ4v) is 2.37. The predicted molar refractivity (Wildman–Crippen MR) is 66.5 cm³/mol. The molecule has 17 heavy (non-hydrogen) atoms. The highest BCUT2D eigenvalue weighted by Gasteiger charge is 2.13. The second-order valence-corrected chi connectivity index (χ2v) is 4.87. The Bertz CT molecular complexity index is 394. The second-order valence-electron chi connectivity index (χ2n) is 3.93. The van der Waals surface area contributed by atoms with E-state index < -0.39 is 5.97 Å². The molecule has 0 unspecified atom stereocenters. The first-order valence-electron chi connectivity index (χ1n) is 5.68. The normalized spacial score (nSPS) is 15.9. The van der Waals surface area contributed by atoms with Crippen LogP contribution in [-0.4, -0.2) is 39.9 Å². The molecule has 0 amide bonds. The number of carbonyl (C=O) groups is 1. The van der Waals surface area contributed by atoms with Crippen molar-refractivity contribution in [1.29, 1.82) is 0 Å². The maximum atomic E-state index is 10.5. The van der Waals surface area contributed by atoms with Crippen LogP contribution >= 0.6 is 11.8 Å². The molecule has 0 saturated carbocycles. The van der Waals surface area contributed by atoms with E-state index in [0.717, 1.165) is 30.7 Å². The quantitative estimate of drug-likeness (QED) is 0.650. The summed E-state index contributed by atoms with van der Waals surface area (Å²) in [7, 11) is 0. The van der Waals surface area contributed by atoms with E-state index >= 15 is 0 Å². The van der Waals surface area contributed by atoms with Crippen molar-refractivity contribution < 1.29 is 9.90 Å². The van der Waals surface area contributed by atoms with E-state index in [1.54, 1.807) is 6.20 Å². The first kappa shape index (κ1) is 12.2. The molecule has 2 heterocycles. The largest absolute Gasteiger partial charge is 0.481 e. The van der Waals surface area contributed by atoms with Crippen LogP contribution in [0.2, 0.25) is 0 Å². The monoisotopic (exact) mass is 253 g/mol. The van der Waals surface area contributed by atoms with E-state index in [9.17, 15) is 4.79 Å². The summed E-state index contributed by atoms with van der Waals surface area (Å²) in [6.07, 6.45) is 5.37. The molecule has 0 radical (unpaired) electrons. The SMILES string of the molecule is O=C(O)CSc1nccc(N2CCCCC2)n1. The molecule has 0 atom stereocenters. The number of aromatic nitrogens is 2. The van der Waals surface area contributed by atoms with Crippen molar-refractivity contribution in [2.75, 3.05) is 23.7 Å². The summed E-state index contributed by atoms with van der Waals surface area (Å²) in [5.74, 6) is 0.0678. The van der Waals surface area contributed by atoms with Crippen LogP contribution in [0.1, 0.15) is 19.3 Å². The number of piperidine rings is 1. The summed E-state index contributed by atoms with van der Waals surface area (Å²) in [5, 5.41) is 9.14. The van der Waals surface area contributed by atoms with Crippen LogP contribution in [0.4, 0.5) is 5.82 Å². The number of aliphatic carboxylic acids is 1. The number of carboxylic acids is 1. The third-order valence-electron chi connectivity index (χ3n) is 2.62. The molecule has 1 fully saturated rings. The zero-order chi connectivity index (χ0) is 12.1. The number of nitrogens with zero attached hydrogens (tertiary/aromatic N) is 3. The summed E-state index contributed by atoms with van der Waals surface area (Å²) in [6.45, 7) is 2.06. The highest BCUT2D eigenvalue weighted by molar-refractivity contribution is 7.99. The Morgan fingerprint density at radius 2 is 2.18 bits per heavy atom. The van der Waals surface area contributed by atoms with Gasteiger partial charge in [-0.15, -0.1) is 0 Å². The lowest BCUT2D eigenvalue weighted by atomic mass is 10.1. The van der Waals surface area contributed by atoms with Gasteiger partial charge in [0.1, 0.15) is 5.82 Å². The van der Waals surface area contributed by atoms with E-state index in [0.29, 0.717) is 5.16 Å². The first-order chi connectivity index (χ1) is 8.25. The second kappa shape index (κ2) is 5.86. The van der Waals surface area contributed by atoms with Gasteiger partial charge in [-0.3, -0.25) is 4.79 Å². The summed E-state index contributed by atoms with van der Waals surface area (Å²) in [5.41, 5.74) is 0. The molecule has 0 spiro atoms. The Balaban J connectivity index is 2.02. The van der Waals surface area contributed by atoms with E-state index in [1.807, 2.05) is 6.07 Å². The Morgan fingerprint density at radius 1 is 1.41 bits per heavy atom. The molecule has 0 aromatic carbocycles. The highest BCUT2D eigenvalue weighted by atomic mass is 32.2. The van der Waals surface area contributed by atoms with Gasteiger partial charge in [-0.2, -0.15) is 0 Å². The first-order valence-corrected chi connectivity index (χ1v) is 6.67. The minimum atomic E-state index is -0.845. The minimum absolute atomic E-state index is 0.00343. The van der Waals surface area contributed by atoms with Crippen LogP contribution < -0.4 is 4.90 Å². The van der Waals surface area contributed by atoms with E-state index in [4.69, 9.17) is 5.11 Å². The van der Waals surface area contributed by atoms with Gasteiger partial charge in [0, 0.05) is 19.3 Å². The standard InChI is InChI=1S/C11H15N3O2S/c15-10(16)8-17-11-12-5-4-9(13-11)14-6-2-1-3-7-14/h4-5H,1-3,6-8H2,(H,15,16). The zero-order valence-electron chi connectivity index (χ0n) is 9.50. The van der Waals surface area contributed by atoms with Gasteiger partial charge in [0.15, 0.2) is 5.16 Å². The van der Waals surface area contributed by atoms with Crippen molar-refractivity contribution in [2.45, 2.75) is 24.4 Å². The maximum Gasteiger partial charge on any atom is 0.313 e. The molecule has 5 nitrogen and oxygen atoms in total. The zero-order valence-corrected chi connectivity index (χ0v) is 10.3. The topological polar surface area (TPSA) is 66.3 Å². The molecule has 1 N–H and O–H groups in total. The van der Waals surface area contributed by atoms with E-state index in [-0.39, 0.29) is 5.75 Å². The van der Waals surface area contributed by atoms with Crippen LogP contribution in [0.5, 0.6) is 0 Å². The third kappa shape index (κ3) is 3.59. The van der Waals surface area contributed by atoms with Gasteiger partial charge in [-0.05, 0) is 25.3 Å². The maximum absolute atomic E-state index is 10.5. The molecular weight excluding hydrogens is 238 g/mol. The summed E-state index contributed by atoms with van der Waals surface area (Å²) in [6, 6.07) is 1.89. The Kier molecular flexibility index (Phi) is 4.19. The molecule has 92 valence electrons. The molecule has 1 aromatic rings. The molecular formula is C11H15N3O2S. The number of hydrogen-bond donors (Lipinski definition) is 1. The van der Waals surface area contributed by atoms with Gasteiger partial charge in [-0.1, -0.05) is 11.8 Å². The van der Waals surface area contributed by atoms with Gasteiger partial charge < -0.3 is 10.0 Å². The summed E-state index contributed by atoms with van der Waals surface area (Å²) >= 11 is 1.16. The van der Waals surface area contributed by atoms with Crippen LogP contribution in [0.15, 0.2) is 17.4 Å². The molecule has 0 aliphatic carbocycles. The number of anilines is 1. The average molecular weight is 253 g/mol. The number of thioether (sulfide) groups is 1. The molecule has 1 aromatic heterocycles. The Morgan fingerprint density at radius 3 is 2.88 bits per heavy atom. The third-order valence-corrected chi connectivity index (χ3v) is 3.47. The molecule has 2 rings (SSSR count). The van der Waals surface area contributed by atoms with Crippen LogP contribution in [0, 0.1) is 0 Å². The van der Waals surface area contributed by atoms with Crippen LogP contribution in [0.3, 0.4) is 0 Å². The molecule has 1 saturated heterocycles. The van der Waals surface area contributed by atoms with Crippen molar-refractivity contribution >= 4 is 23.5 Å². The summed E-state index contributed by atoms with van der Waals surface area (Å²) < 4.78 is 0. The smallest absolute Gasteiger partial charge is 0.313 e. The lowest BCUT2D eigenvalue weighted by molar-refractivity contribution is -0.133. The fourth-order valence-electron chi connectivity index (χ4n) is 1.83. The lowest BCUT2D eigenvalue weighted by Gasteiger charge is -2.27. The molecule has 0 bridgehead atoms. The van der Waals surface area contributed by atoms with E-state index in [2.05, 4.69) is 14.9 Å². The van der Waals surface area contributed by atoms with Gasteiger partial charge in [0.25, 0.3) is 0 Å². The van der Waals surface area contributed by atoms with Gasteiger partial charge in [-0.25, -0.2) is 9.97 Å². The highest BCUT2D eigenvalue weighted by Crippen LogP contribution is 2.20. The molecule has 1 aliphatic heterocycles. The van der Waals surface area contributed by atoms with Gasteiger partial charge in [0.2, 0.25) is 0 Å². The fraction of sp³-hybridized carbons (Fsp3) is 0.545. The van der Waals surface area contributed by atoms with Crippen molar-refractivity contribution in [1.82, 2.24) is 9.97 Å². The van der Waals surface area contributed by atoms with Gasteiger partial charge in [0.05, 0.1) is 5.75 Å². The molecule has 6 heteroatoms. The van der Waals surface area contributed by atoms with Crippen molar-refractivity contribution in [3.63, 3.8) is 0 Å². The minimum Gasteiger partial charge on any atom is -0.481 e. The Hall–Kier alpha value is -1.30. The summed E-state index contributed by atoms with van der Waals surface area (Å²) in [4.78, 5) is 21.2. The number of hydrogen-bond acceptors (Lipinski definition) is 5.